The second kappa shape index (κ2) is 4.93. The molecule has 0 atom stereocenters. The van der Waals surface area contributed by atoms with Gasteiger partial charge in [-0.15, -0.1) is 0 Å². The summed E-state index contributed by atoms with van der Waals surface area (Å²) in [6, 6.07) is 3.46. The fourth-order valence-corrected chi connectivity index (χ4v) is 1.37. The van der Waals surface area contributed by atoms with Crippen LogP contribution in [0, 0.1) is 0 Å². The second-order valence-corrected chi connectivity index (χ2v) is 3.77. The van der Waals surface area contributed by atoms with Gasteiger partial charge in [0.15, 0.2) is 5.76 Å². The Bertz CT molecular complexity index is 373. The van der Waals surface area contributed by atoms with Crippen molar-refractivity contribution in [3.8, 4) is 0 Å². The minimum absolute atomic E-state index is 0.206. The summed E-state index contributed by atoms with van der Waals surface area (Å²) < 4.78 is 5.32. The number of thiocarbonyl (C=S) groups is 1. The number of carbonyl (C=O) groups excluding carboxylic acids is 1. The third kappa shape index (κ3) is 3.06. The van der Waals surface area contributed by atoms with E-state index < -0.39 is 0 Å². The van der Waals surface area contributed by atoms with Gasteiger partial charge in [0.25, 0.3) is 5.91 Å². The molecule has 0 spiro atoms. The van der Waals surface area contributed by atoms with E-state index in [1.54, 1.807) is 19.2 Å². The maximum absolute atomic E-state index is 11.7. The molecule has 0 saturated heterocycles. The first-order chi connectivity index (χ1) is 7.04. The Kier molecular flexibility index (Phi) is 3.85. The monoisotopic (exact) mass is 226 g/mol. The van der Waals surface area contributed by atoms with Crippen LogP contribution in [0.5, 0.6) is 0 Å². The van der Waals surface area contributed by atoms with Crippen LogP contribution in [-0.4, -0.2) is 29.4 Å². The van der Waals surface area contributed by atoms with Gasteiger partial charge in [-0.05, 0) is 12.1 Å². The van der Waals surface area contributed by atoms with Gasteiger partial charge in [0.2, 0.25) is 0 Å². The van der Waals surface area contributed by atoms with E-state index in [1.807, 2.05) is 6.92 Å². The van der Waals surface area contributed by atoms with Crippen LogP contribution in [0.2, 0.25) is 0 Å². The van der Waals surface area contributed by atoms with Crippen molar-refractivity contribution in [1.82, 2.24) is 4.90 Å². The van der Waals surface area contributed by atoms with Crippen molar-refractivity contribution in [3.05, 3.63) is 23.7 Å². The SMILES string of the molecule is CCc1ccc(C(=O)N(C)CC(N)=S)o1. The third-order valence-corrected chi connectivity index (χ3v) is 2.09. The fourth-order valence-electron chi connectivity index (χ4n) is 1.18. The van der Waals surface area contributed by atoms with Gasteiger partial charge in [0.05, 0.1) is 11.5 Å². The van der Waals surface area contributed by atoms with Crippen LogP contribution in [0.15, 0.2) is 16.5 Å². The first-order valence-corrected chi connectivity index (χ1v) is 5.08. The highest BCUT2D eigenvalue weighted by Crippen LogP contribution is 2.10. The molecule has 0 aliphatic rings. The van der Waals surface area contributed by atoms with Crippen molar-refractivity contribution in [2.45, 2.75) is 13.3 Å². The largest absolute Gasteiger partial charge is 0.456 e. The van der Waals surface area contributed by atoms with Gasteiger partial charge in [-0.25, -0.2) is 0 Å². The quantitative estimate of drug-likeness (QED) is 0.784. The predicted molar refractivity (Wildman–Crippen MR) is 61.8 cm³/mol. The van der Waals surface area contributed by atoms with Gasteiger partial charge in [0.1, 0.15) is 5.76 Å². The van der Waals surface area contributed by atoms with Crippen molar-refractivity contribution in [2.24, 2.45) is 5.73 Å². The van der Waals surface area contributed by atoms with Crippen molar-refractivity contribution in [3.63, 3.8) is 0 Å². The van der Waals surface area contributed by atoms with E-state index in [9.17, 15) is 4.79 Å². The fraction of sp³-hybridized carbons (Fsp3) is 0.400. The summed E-state index contributed by atoms with van der Waals surface area (Å²) in [5.74, 6) is 0.912. The van der Waals surface area contributed by atoms with E-state index >= 15 is 0 Å². The van der Waals surface area contributed by atoms with E-state index in [-0.39, 0.29) is 17.4 Å². The average Bonchev–Trinajstić information content (AvgIpc) is 2.63. The van der Waals surface area contributed by atoms with Crippen LogP contribution in [0.25, 0.3) is 0 Å². The number of rotatable bonds is 4. The number of amides is 1. The molecular formula is C10H14N2O2S. The number of hydrogen-bond donors (Lipinski definition) is 1. The lowest BCUT2D eigenvalue weighted by Crippen LogP contribution is -2.34. The van der Waals surface area contributed by atoms with Crippen LogP contribution in [-0.2, 0) is 6.42 Å². The van der Waals surface area contributed by atoms with Crippen LogP contribution in [0.3, 0.4) is 0 Å². The van der Waals surface area contributed by atoms with Gasteiger partial charge in [-0.3, -0.25) is 4.79 Å². The number of nitrogens with two attached hydrogens (primary N) is 1. The lowest BCUT2D eigenvalue weighted by Gasteiger charge is -2.14. The third-order valence-electron chi connectivity index (χ3n) is 1.96. The molecule has 0 bridgehead atoms. The Balaban J connectivity index is 2.71. The van der Waals surface area contributed by atoms with Gasteiger partial charge < -0.3 is 15.1 Å². The molecule has 15 heavy (non-hydrogen) atoms. The van der Waals surface area contributed by atoms with Crippen LogP contribution < -0.4 is 5.73 Å². The number of likely N-dealkylation sites (N-methyl/N-ethyl adjacent to an activating group) is 1. The molecule has 4 nitrogen and oxygen atoms in total. The molecule has 1 heterocycles. The Morgan fingerprint density at radius 3 is 2.73 bits per heavy atom. The van der Waals surface area contributed by atoms with Gasteiger partial charge in [0, 0.05) is 13.5 Å². The van der Waals surface area contributed by atoms with Gasteiger partial charge in [-0.2, -0.15) is 0 Å². The Hall–Kier alpha value is -1.36. The molecule has 0 aliphatic heterocycles. The Morgan fingerprint density at radius 2 is 2.27 bits per heavy atom. The lowest BCUT2D eigenvalue weighted by atomic mass is 10.3. The molecule has 5 heteroatoms. The highest BCUT2D eigenvalue weighted by molar-refractivity contribution is 7.80. The number of furan rings is 1. The predicted octanol–water partition coefficient (Wildman–Crippen LogP) is 1.20. The first-order valence-electron chi connectivity index (χ1n) is 4.67. The zero-order valence-corrected chi connectivity index (χ0v) is 9.63. The van der Waals surface area contributed by atoms with Gasteiger partial charge in [-0.1, -0.05) is 19.1 Å². The van der Waals surface area contributed by atoms with Crippen LogP contribution in [0.1, 0.15) is 23.2 Å². The molecule has 0 aromatic carbocycles. The normalized spacial score (nSPS) is 10.0. The van der Waals surface area contributed by atoms with Crippen molar-refractivity contribution in [1.29, 1.82) is 0 Å². The number of nitrogens with zero attached hydrogens (tertiary/aromatic N) is 1. The summed E-state index contributed by atoms with van der Waals surface area (Å²) in [5.41, 5.74) is 5.35. The summed E-state index contributed by atoms with van der Waals surface area (Å²) in [7, 11) is 1.63. The van der Waals surface area contributed by atoms with E-state index in [0.717, 1.165) is 12.2 Å². The number of aryl methyl sites for hydroxylation is 1. The highest BCUT2D eigenvalue weighted by Gasteiger charge is 2.15. The summed E-state index contributed by atoms with van der Waals surface area (Å²) >= 11 is 4.72. The van der Waals surface area contributed by atoms with Gasteiger partial charge >= 0.3 is 0 Å². The van der Waals surface area contributed by atoms with Crippen molar-refractivity contribution < 1.29 is 9.21 Å². The summed E-state index contributed by atoms with van der Waals surface area (Å²) in [6.45, 7) is 2.22. The van der Waals surface area contributed by atoms with Crippen LogP contribution >= 0.6 is 12.2 Å². The van der Waals surface area contributed by atoms with Crippen LogP contribution in [0.4, 0.5) is 0 Å². The molecule has 1 aromatic heterocycles. The summed E-state index contributed by atoms with van der Waals surface area (Å²) in [5, 5.41) is 0. The molecule has 2 N–H and O–H groups in total. The lowest BCUT2D eigenvalue weighted by molar-refractivity contribution is 0.0782. The average molecular weight is 226 g/mol. The molecule has 1 amide bonds. The molecule has 0 radical (unpaired) electrons. The Labute approximate surface area is 94.0 Å². The molecule has 1 rings (SSSR count). The zero-order valence-electron chi connectivity index (χ0n) is 8.82. The molecule has 0 unspecified atom stereocenters. The topological polar surface area (TPSA) is 59.5 Å². The molecule has 0 saturated carbocycles. The van der Waals surface area contributed by atoms with E-state index in [1.165, 1.54) is 4.90 Å². The highest BCUT2D eigenvalue weighted by atomic mass is 32.1. The molecular weight excluding hydrogens is 212 g/mol. The van der Waals surface area contributed by atoms with E-state index in [2.05, 4.69) is 0 Å². The number of hydrogen-bond acceptors (Lipinski definition) is 3. The maximum Gasteiger partial charge on any atom is 0.289 e. The molecule has 82 valence electrons. The zero-order chi connectivity index (χ0) is 11.4. The number of carbonyl (C=O) groups is 1. The van der Waals surface area contributed by atoms with E-state index in [0.29, 0.717) is 5.76 Å². The van der Waals surface area contributed by atoms with E-state index in [4.69, 9.17) is 22.4 Å². The standard InChI is InChI=1S/C10H14N2O2S/c1-3-7-4-5-8(14-7)10(13)12(2)6-9(11)15/h4-5H,3,6H2,1-2H3,(H2,11,15). The Morgan fingerprint density at radius 1 is 1.60 bits per heavy atom. The minimum Gasteiger partial charge on any atom is -0.456 e. The maximum atomic E-state index is 11.7. The molecule has 0 fully saturated rings. The summed E-state index contributed by atoms with van der Waals surface area (Å²) in [4.78, 5) is 13.4. The first kappa shape index (κ1) is 11.7. The molecule has 1 aromatic rings. The van der Waals surface area contributed by atoms with Crippen molar-refractivity contribution >= 4 is 23.1 Å². The smallest absolute Gasteiger partial charge is 0.289 e. The summed E-state index contributed by atoms with van der Waals surface area (Å²) in [6.07, 6.45) is 0.770. The minimum atomic E-state index is -0.206. The molecule has 0 aliphatic carbocycles. The second-order valence-electron chi connectivity index (χ2n) is 3.25. The van der Waals surface area contributed by atoms with Crippen molar-refractivity contribution in [2.75, 3.05) is 13.6 Å².